The first-order valence-corrected chi connectivity index (χ1v) is 6.76. The van der Waals surface area contributed by atoms with Crippen LogP contribution >= 0.6 is 0 Å². The molecule has 100 valence electrons. The maximum absolute atomic E-state index is 13.2. The summed E-state index contributed by atoms with van der Waals surface area (Å²) in [5, 5.41) is 3.45. The number of hydrogen-bond acceptors (Lipinski definition) is 1. The molecule has 0 spiro atoms. The smallest absolute Gasteiger partial charge is 0.123 e. The molecule has 2 aromatic rings. The van der Waals surface area contributed by atoms with Gasteiger partial charge in [-0.2, -0.15) is 0 Å². The minimum absolute atomic E-state index is 0.139. The molecule has 0 heterocycles. The first-order valence-electron chi connectivity index (χ1n) is 6.76. The first-order chi connectivity index (χ1) is 9.20. The van der Waals surface area contributed by atoms with E-state index in [1.807, 2.05) is 6.07 Å². The molecule has 2 rings (SSSR count). The second-order valence-electron chi connectivity index (χ2n) is 4.78. The fraction of sp³-hybridized carbons (Fsp3) is 0.294. The van der Waals surface area contributed by atoms with Crippen molar-refractivity contribution in [3.63, 3.8) is 0 Å². The summed E-state index contributed by atoms with van der Waals surface area (Å²) < 4.78 is 13.2. The summed E-state index contributed by atoms with van der Waals surface area (Å²) in [6.07, 6.45) is 1.03. The van der Waals surface area contributed by atoms with Gasteiger partial charge in [0.25, 0.3) is 0 Å². The summed E-state index contributed by atoms with van der Waals surface area (Å²) in [6.45, 7) is 5.03. The molecule has 0 radical (unpaired) electrons. The Kier molecular flexibility index (Phi) is 4.69. The van der Waals surface area contributed by atoms with Crippen LogP contribution in [0.4, 0.5) is 4.39 Å². The lowest BCUT2D eigenvalue weighted by atomic mass is 10.0. The maximum atomic E-state index is 13.2. The van der Waals surface area contributed by atoms with Crippen LogP contribution in [0.15, 0.2) is 48.5 Å². The van der Waals surface area contributed by atoms with Crippen molar-refractivity contribution < 1.29 is 4.39 Å². The molecule has 19 heavy (non-hydrogen) atoms. The van der Waals surface area contributed by atoms with Gasteiger partial charge in [0.2, 0.25) is 0 Å². The Morgan fingerprint density at radius 1 is 1.05 bits per heavy atom. The second kappa shape index (κ2) is 6.48. The quantitative estimate of drug-likeness (QED) is 0.844. The summed E-state index contributed by atoms with van der Waals surface area (Å²) in [6, 6.07) is 15.3. The summed E-state index contributed by atoms with van der Waals surface area (Å²) in [5.74, 6) is -0.180. The summed E-state index contributed by atoms with van der Waals surface area (Å²) in [5.41, 5.74) is 3.66. The second-order valence-corrected chi connectivity index (χ2v) is 4.78. The highest BCUT2D eigenvalue weighted by Gasteiger charge is 2.07. The van der Waals surface area contributed by atoms with Crippen LogP contribution in [0.25, 0.3) is 0 Å². The molecular formula is C17H20FN. The number of aryl methyl sites for hydroxylation is 1. The van der Waals surface area contributed by atoms with E-state index in [2.05, 4.69) is 43.4 Å². The van der Waals surface area contributed by atoms with E-state index < -0.39 is 0 Å². The molecule has 0 fully saturated rings. The van der Waals surface area contributed by atoms with E-state index in [4.69, 9.17) is 0 Å². The van der Waals surface area contributed by atoms with Crippen LogP contribution in [0.5, 0.6) is 0 Å². The van der Waals surface area contributed by atoms with Gasteiger partial charge in [-0.15, -0.1) is 0 Å². The lowest BCUT2D eigenvalue weighted by Gasteiger charge is -2.16. The van der Waals surface area contributed by atoms with Gasteiger partial charge in [0, 0.05) is 12.6 Å². The van der Waals surface area contributed by atoms with Gasteiger partial charge in [-0.3, -0.25) is 0 Å². The van der Waals surface area contributed by atoms with Crippen molar-refractivity contribution in [2.24, 2.45) is 0 Å². The molecule has 1 atom stereocenters. The Morgan fingerprint density at radius 3 is 2.47 bits per heavy atom. The van der Waals surface area contributed by atoms with Gasteiger partial charge < -0.3 is 5.32 Å². The molecule has 0 aliphatic rings. The van der Waals surface area contributed by atoms with Crippen LogP contribution in [0.1, 0.15) is 36.6 Å². The predicted molar refractivity (Wildman–Crippen MR) is 77.5 cm³/mol. The molecular weight excluding hydrogens is 237 g/mol. The fourth-order valence-electron chi connectivity index (χ4n) is 2.23. The standard InChI is InChI=1S/C17H20FN/c1-3-14-7-4-5-8-16(14)12-19-13(2)15-9-6-10-17(18)11-15/h4-11,13,19H,3,12H2,1-2H3/t13-/m0/s1. The molecule has 0 saturated carbocycles. The molecule has 0 bridgehead atoms. The first kappa shape index (κ1) is 13.8. The third-order valence-electron chi connectivity index (χ3n) is 3.45. The highest BCUT2D eigenvalue weighted by Crippen LogP contribution is 2.15. The molecule has 1 N–H and O–H groups in total. The SMILES string of the molecule is CCc1ccccc1CN[C@@H](C)c1cccc(F)c1. The van der Waals surface area contributed by atoms with Gasteiger partial charge in [0.05, 0.1) is 0 Å². The predicted octanol–water partition coefficient (Wildman–Crippen LogP) is 4.24. The average Bonchev–Trinajstić information content (AvgIpc) is 2.45. The van der Waals surface area contributed by atoms with Gasteiger partial charge in [-0.05, 0) is 42.2 Å². The molecule has 0 amide bonds. The minimum Gasteiger partial charge on any atom is -0.306 e. The highest BCUT2D eigenvalue weighted by atomic mass is 19.1. The number of halogens is 1. The van der Waals surface area contributed by atoms with Gasteiger partial charge in [0.15, 0.2) is 0 Å². The van der Waals surface area contributed by atoms with Crippen LogP contribution < -0.4 is 5.32 Å². The van der Waals surface area contributed by atoms with E-state index in [0.717, 1.165) is 18.5 Å². The monoisotopic (exact) mass is 257 g/mol. The zero-order valence-corrected chi connectivity index (χ0v) is 11.5. The lowest BCUT2D eigenvalue weighted by molar-refractivity contribution is 0.563. The van der Waals surface area contributed by atoms with E-state index in [9.17, 15) is 4.39 Å². The molecule has 0 unspecified atom stereocenters. The maximum Gasteiger partial charge on any atom is 0.123 e. The zero-order chi connectivity index (χ0) is 13.7. The average molecular weight is 257 g/mol. The van der Waals surface area contributed by atoms with Crippen molar-refractivity contribution in [3.8, 4) is 0 Å². The zero-order valence-electron chi connectivity index (χ0n) is 11.5. The van der Waals surface area contributed by atoms with Gasteiger partial charge in [-0.1, -0.05) is 43.3 Å². The van der Waals surface area contributed by atoms with Crippen LogP contribution in [0.2, 0.25) is 0 Å². The van der Waals surface area contributed by atoms with Crippen molar-refractivity contribution in [2.45, 2.75) is 32.9 Å². The number of hydrogen-bond donors (Lipinski definition) is 1. The molecule has 0 saturated heterocycles. The summed E-state index contributed by atoms with van der Waals surface area (Å²) >= 11 is 0. The molecule has 0 aliphatic carbocycles. The van der Waals surface area contributed by atoms with Crippen LogP contribution in [0.3, 0.4) is 0 Å². The highest BCUT2D eigenvalue weighted by molar-refractivity contribution is 5.27. The van der Waals surface area contributed by atoms with Crippen LogP contribution in [-0.2, 0) is 13.0 Å². The van der Waals surface area contributed by atoms with Crippen molar-refractivity contribution in [1.29, 1.82) is 0 Å². The van der Waals surface area contributed by atoms with Gasteiger partial charge in [-0.25, -0.2) is 4.39 Å². The van der Waals surface area contributed by atoms with Crippen molar-refractivity contribution in [1.82, 2.24) is 5.32 Å². The van der Waals surface area contributed by atoms with E-state index in [1.165, 1.54) is 17.2 Å². The molecule has 0 aliphatic heterocycles. The normalized spacial score (nSPS) is 12.4. The molecule has 0 aromatic heterocycles. The Hall–Kier alpha value is -1.67. The summed E-state index contributed by atoms with van der Waals surface area (Å²) in [7, 11) is 0. The van der Waals surface area contributed by atoms with Crippen LogP contribution in [0, 0.1) is 5.82 Å². The Balaban J connectivity index is 2.02. The fourth-order valence-corrected chi connectivity index (χ4v) is 2.23. The minimum atomic E-state index is -0.180. The van der Waals surface area contributed by atoms with Gasteiger partial charge in [0.1, 0.15) is 5.82 Å². The molecule has 1 nitrogen and oxygen atoms in total. The third-order valence-corrected chi connectivity index (χ3v) is 3.45. The number of benzene rings is 2. The van der Waals surface area contributed by atoms with Gasteiger partial charge >= 0.3 is 0 Å². The third kappa shape index (κ3) is 3.65. The Bertz CT molecular complexity index is 536. The topological polar surface area (TPSA) is 12.0 Å². The largest absolute Gasteiger partial charge is 0.306 e. The molecule has 2 heteroatoms. The summed E-state index contributed by atoms with van der Waals surface area (Å²) in [4.78, 5) is 0. The number of nitrogens with one attached hydrogen (secondary N) is 1. The van der Waals surface area contributed by atoms with Crippen molar-refractivity contribution in [3.05, 3.63) is 71.0 Å². The van der Waals surface area contributed by atoms with Crippen LogP contribution in [-0.4, -0.2) is 0 Å². The van der Waals surface area contributed by atoms with E-state index in [1.54, 1.807) is 12.1 Å². The number of rotatable bonds is 5. The van der Waals surface area contributed by atoms with E-state index in [-0.39, 0.29) is 11.9 Å². The van der Waals surface area contributed by atoms with Crippen molar-refractivity contribution >= 4 is 0 Å². The van der Waals surface area contributed by atoms with E-state index in [0.29, 0.717) is 0 Å². The molecule has 2 aromatic carbocycles. The van der Waals surface area contributed by atoms with Crippen molar-refractivity contribution in [2.75, 3.05) is 0 Å². The Labute approximate surface area is 114 Å². The lowest BCUT2D eigenvalue weighted by Crippen LogP contribution is -2.19. The van der Waals surface area contributed by atoms with E-state index >= 15 is 0 Å². The Morgan fingerprint density at radius 2 is 1.79 bits per heavy atom.